The molecule has 198 valence electrons. The molecule has 2 saturated heterocycles. The minimum Gasteiger partial charge on any atom is -0.508 e. The minimum atomic E-state index is -0.421. The number of phenols is 1. The molecule has 0 bridgehead atoms. The predicted molar refractivity (Wildman–Crippen MR) is 146 cm³/mol. The van der Waals surface area contributed by atoms with Crippen LogP contribution in [0.3, 0.4) is 0 Å². The lowest BCUT2D eigenvalue weighted by Crippen LogP contribution is -2.51. The highest BCUT2D eigenvalue weighted by molar-refractivity contribution is 6.09. The summed E-state index contributed by atoms with van der Waals surface area (Å²) in [5.41, 5.74) is 0.670. The lowest BCUT2D eigenvalue weighted by molar-refractivity contribution is 0.101. The summed E-state index contributed by atoms with van der Waals surface area (Å²) in [4.78, 5) is 26.9. The van der Waals surface area contributed by atoms with Crippen molar-refractivity contribution in [2.24, 2.45) is 5.92 Å². The Morgan fingerprint density at radius 1 is 1.24 bits per heavy atom. The zero-order chi connectivity index (χ0) is 26.5. The van der Waals surface area contributed by atoms with Gasteiger partial charge in [0.1, 0.15) is 17.3 Å². The van der Waals surface area contributed by atoms with Gasteiger partial charge >= 0.3 is 6.01 Å². The number of ether oxygens (including phenoxy) is 1. The lowest BCUT2D eigenvalue weighted by atomic mass is 10.00. The smallest absolute Gasteiger partial charge is 0.319 e. The predicted octanol–water partition coefficient (Wildman–Crippen LogP) is 3.00. The van der Waals surface area contributed by atoms with Crippen LogP contribution >= 0.6 is 0 Å². The number of carbonyl (C=O) groups excluding carboxylic acids is 1. The third kappa shape index (κ3) is 6.13. The molecule has 3 N–H and O–H groups in total. The number of carbonyl (C=O) groups is 1. The maximum absolute atomic E-state index is 13.5. The van der Waals surface area contributed by atoms with E-state index < -0.39 is 5.91 Å². The third-order valence-electron chi connectivity index (χ3n) is 7.11. The number of rotatable bonds is 7. The molecule has 2 aromatic carbocycles. The zero-order valence-corrected chi connectivity index (χ0v) is 21.6. The number of piperidine rings is 1. The van der Waals surface area contributed by atoms with Crippen LogP contribution in [0.25, 0.3) is 10.8 Å². The van der Waals surface area contributed by atoms with E-state index in [0.717, 1.165) is 36.7 Å². The number of nitrogens with one attached hydrogen (secondary N) is 2. The van der Waals surface area contributed by atoms with Crippen LogP contribution in [0.2, 0.25) is 0 Å². The molecular formula is C28H33N7O3. The van der Waals surface area contributed by atoms with E-state index in [-0.39, 0.29) is 23.5 Å². The van der Waals surface area contributed by atoms with Crippen LogP contribution in [0, 0.1) is 17.2 Å². The van der Waals surface area contributed by atoms with E-state index in [4.69, 9.17) is 10.00 Å². The van der Waals surface area contributed by atoms with E-state index in [1.807, 2.05) is 24.3 Å². The van der Waals surface area contributed by atoms with Crippen molar-refractivity contribution < 1.29 is 14.6 Å². The molecule has 1 aromatic heterocycles. The maximum atomic E-state index is 13.5. The third-order valence-corrected chi connectivity index (χ3v) is 7.11. The van der Waals surface area contributed by atoms with Gasteiger partial charge in [-0.25, -0.2) is 0 Å². The van der Waals surface area contributed by atoms with Crippen LogP contribution in [0.4, 0.5) is 11.5 Å². The Morgan fingerprint density at radius 2 is 2.11 bits per heavy atom. The van der Waals surface area contributed by atoms with Gasteiger partial charge < -0.3 is 30.3 Å². The molecular weight excluding hydrogens is 482 g/mol. The second-order valence-corrected chi connectivity index (χ2v) is 10.1. The van der Waals surface area contributed by atoms with Gasteiger partial charge in [0.15, 0.2) is 0 Å². The number of hydrogen-bond acceptors (Lipinski definition) is 9. The highest BCUT2D eigenvalue weighted by Gasteiger charge is 2.24. The first kappa shape index (κ1) is 25.7. The topological polar surface area (TPSA) is 127 Å². The highest BCUT2D eigenvalue weighted by atomic mass is 16.5. The zero-order valence-electron chi connectivity index (χ0n) is 21.6. The van der Waals surface area contributed by atoms with E-state index in [0.29, 0.717) is 50.1 Å². The van der Waals surface area contributed by atoms with Gasteiger partial charge in [-0.3, -0.25) is 4.79 Å². The van der Waals surface area contributed by atoms with Gasteiger partial charge in [0.2, 0.25) is 0 Å². The van der Waals surface area contributed by atoms with Gasteiger partial charge in [-0.2, -0.15) is 15.2 Å². The highest BCUT2D eigenvalue weighted by Crippen LogP contribution is 2.29. The standard InChI is InChI=1S/C28H33N7O3/c1-34-11-4-5-19(16-34)18-38-28-32-25(15-26(33-28)35-12-10-30-21(17-35)8-9-29)27(37)31-24-14-22(36)13-20-6-2-3-7-23(20)24/h2-3,6-7,13-15,19,21,30,36H,4-5,8,10-12,16-18H2,1H3,(H,31,37)/t19?,21-/m0/s1. The van der Waals surface area contributed by atoms with Gasteiger partial charge in [0.25, 0.3) is 5.91 Å². The molecule has 3 heterocycles. The molecule has 1 amide bonds. The molecule has 3 aromatic rings. The average Bonchev–Trinajstić information content (AvgIpc) is 2.92. The van der Waals surface area contributed by atoms with Gasteiger partial charge in [-0.1, -0.05) is 24.3 Å². The summed E-state index contributed by atoms with van der Waals surface area (Å²) < 4.78 is 6.07. The maximum Gasteiger partial charge on any atom is 0.319 e. The molecule has 0 saturated carbocycles. The number of anilines is 2. The van der Waals surface area contributed by atoms with Crippen molar-refractivity contribution in [1.29, 1.82) is 5.26 Å². The first-order valence-electron chi connectivity index (χ1n) is 13.1. The molecule has 10 heteroatoms. The summed E-state index contributed by atoms with van der Waals surface area (Å²) in [5.74, 6) is 0.603. The second-order valence-electron chi connectivity index (χ2n) is 10.1. The summed E-state index contributed by atoms with van der Waals surface area (Å²) in [6, 6.07) is 14.8. The summed E-state index contributed by atoms with van der Waals surface area (Å²) in [6.45, 7) is 4.50. The molecule has 0 radical (unpaired) electrons. The van der Waals surface area contributed by atoms with Crippen LogP contribution < -0.4 is 20.3 Å². The summed E-state index contributed by atoms with van der Waals surface area (Å²) in [7, 11) is 2.11. The molecule has 0 aliphatic carbocycles. The number of fused-ring (bicyclic) bond motifs is 1. The quantitative estimate of drug-likeness (QED) is 0.435. The number of piperazine rings is 1. The minimum absolute atomic E-state index is 0.0156. The largest absolute Gasteiger partial charge is 0.508 e. The van der Waals surface area contributed by atoms with Gasteiger partial charge in [-0.15, -0.1) is 0 Å². The van der Waals surface area contributed by atoms with Crippen LogP contribution in [-0.4, -0.2) is 78.3 Å². The van der Waals surface area contributed by atoms with Crippen LogP contribution in [0.5, 0.6) is 11.8 Å². The Labute approximate surface area is 222 Å². The number of nitrogens with zero attached hydrogens (tertiary/aromatic N) is 5. The van der Waals surface area contributed by atoms with Crippen LogP contribution in [-0.2, 0) is 0 Å². The van der Waals surface area contributed by atoms with Gasteiger partial charge in [-0.05, 0) is 37.9 Å². The summed E-state index contributed by atoms with van der Waals surface area (Å²) in [5, 5.41) is 27.2. The summed E-state index contributed by atoms with van der Waals surface area (Å²) >= 11 is 0. The van der Waals surface area contributed by atoms with Crippen molar-refractivity contribution in [3.63, 3.8) is 0 Å². The van der Waals surface area contributed by atoms with Crippen molar-refractivity contribution in [3.8, 4) is 17.8 Å². The van der Waals surface area contributed by atoms with Crippen LogP contribution in [0.15, 0.2) is 42.5 Å². The Hall–Kier alpha value is -3.94. The molecule has 2 atom stereocenters. The molecule has 2 aliphatic rings. The molecule has 10 nitrogen and oxygen atoms in total. The average molecular weight is 516 g/mol. The van der Waals surface area contributed by atoms with Crippen molar-refractivity contribution in [3.05, 3.63) is 48.2 Å². The molecule has 1 unspecified atom stereocenters. The lowest BCUT2D eigenvalue weighted by Gasteiger charge is -2.33. The second kappa shape index (κ2) is 11.6. The van der Waals surface area contributed by atoms with Crippen molar-refractivity contribution in [2.75, 3.05) is 56.6 Å². The number of aromatic nitrogens is 2. The number of hydrogen-bond donors (Lipinski definition) is 3. The number of aromatic hydroxyl groups is 1. The first-order valence-corrected chi connectivity index (χ1v) is 13.1. The normalized spacial score (nSPS) is 20.2. The van der Waals surface area contributed by atoms with Crippen molar-refractivity contribution >= 4 is 28.2 Å². The molecule has 38 heavy (non-hydrogen) atoms. The van der Waals surface area contributed by atoms with Crippen molar-refractivity contribution in [1.82, 2.24) is 20.2 Å². The van der Waals surface area contributed by atoms with Gasteiger partial charge in [0.05, 0.1) is 24.8 Å². The Bertz CT molecular complexity index is 1340. The Balaban J connectivity index is 1.42. The first-order chi connectivity index (χ1) is 18.5. The van der Waals surface area contributed by atoms with E-state index in [1.165, 1.54) is 6.07 Å². The monoisotopic (exact) mass is 515 g/mol. The number of benzene rings is 2. The summed E-state index contributed by atoms with van der Waals surface area (Å²) in [6.07, 6.45) is 2.59. The molecule has 5 rings (SSSR count). The van der Waals surface area contributed by atoms with Crippen LogP contribution in [0.1, 0.15) is 29.8 Å². The molecule has 0 spiro atoms. The SMILES string of the molecule is CN1CCCC(COc2nc(C(=O)Nc3cc(O)cc4ccccc34)cc(N3CCN[C@@H](CC#N)C3)n2)C1. The number of likely N-dealkylation sites (tertiary alicyclic amines) is 1. The fraction of sp³-hybridized carbons (Fsp3) is 0.429. The van der Waals surface area contributed by atoms with Gasteiger partial charge in [0, 0.05) is 55.7 Å². The fourth-order valence-electron chi connectivity index (χ4n) is 5.22. The van der Waals surface area contributed by atoms with E-state index >= 15 is 0 Å². The number of nitriles is 1. The van der Waals surface area contributed by atoms with E-state index in [9.17, 15) is 9.90 Å². The number of phenolic OH excluding ortho intramolecular Hbond substituents is 1. The Morgan fingerprint density at radius 3 is 2.95 bits per heavy atom. The van der Waals surface area contributed by atoms with Crippen molar-refractivity contribution in [2.45, 2.75) is 25.3 Å². The number of amides is 1. The molecule has 2 aliphatic heterocycles. The fourth-order valence-corrected chi connectivity index (χ4v) is 5.22. The van der Waals surface area contributed by atoms with E-state index in [2.05, 4.69) is 43.5 Å². The molecule has 2 fully saturated rings. The Kier molecular flexibility index (Phi) is 7.86. The van der Waals surface area contributed by atoms with E-state index in [1.54, 1.807) is 12.1 Å².